The number of methoxy groups -OCH3 is 1. The maximum atomic E-state index is 13.7. The molecule has 5 N–H and O–H groups in total. The first-order valence-corrected chi connectivity index (χ1v) is 13.3. The molecule has 0 saturated carbocycles. The van der Waals surface area contributed by atoms with Crippen molar-refractivity contribution in [2.24, 2.45) is 5.73 Å². The van der Waals surface area contributed by atoms with E-state index in [1.54, 1.807) is 29.2 Å². The van der Waals surface area contributed by atoms with E-state index in [-0.39, 0.29) is 47.9 Å². The van der Waals surface area contributed by atoms with Crippen molar-refractivity contribution in [3.8, 4) is 17.0 Å². The number of rotatable bonds is 8. The van der Waals surface area contributed by atoms with E-state index < -0.39 is 17.6 Å². The normalized spacial score (nSPS) is 14.9. The lowest BCUT2D eigenvalue weighted by molar-refractivity contribution is 0.0946. The Morgan fingerprint density at radius 2 is 1.93 bits per heavy atom. The standard InChI is InChI=1S/C28H30FN9O4/c1-42-22-10-9-19(29)12-21(22)27(40)33-13-17-5-7-18(8-6-17)24-23(26(31)39)25(30)37(35-24)14-20-4-2-3-11-36(20)28(41)38-16-32-15-34-38/h5-10,12,15-16,20H,2-4,11,13-14,30H2,1H3,(H2,31,39)(H,33,40)/t20-/m1/s1. The smallest absolute Gasteiger partial charge is 0.346 e. The Morgan fingerprint density at radius 1 is 1.14 bits per heavy atom. The topological polar surface area (TPSA) is 176 Å². The van der Waals surface area contributed by atoms with Gasteiger partial charge in [-0.05, 0) is 43.0 Å². The van der Waals surface area contributed by atoms with Crippen molar-refractivity contribution < 1.29 is 23.5 Å². The zero-order valence-electron chi connectivity index (χ0n) is 22.9. The lowest BCUT2D eigenvalue weighted by atomic mass is 10.0. The Labute approximate surface area is 240 Å². The van der Waals surface area contributed by atoms with Crippen LogP contribution in [0.3, 0.4) is 0 Å². The van der Waals surface area contributed by atoms with Gasteiger partial charge in [0.15, 0.2) is 0 Å². The number of halogens is 1. The van der Waals surface area contributed by atoms with E-state index in [0.717, 1.165) is 30.9 Å². The van der Waals surface area contributed by atoms with Gasteiger partial charge in [-0.2, -0.15) is 14.9 Å². The molecule has 4 aromatic rings. The van der Waals surface area contributed by atoms with Crippen molar-refractivity contribution in [2.75, 3.05) is 19.4 Å². The van der Waals surface area contributed by atoms with Gasteiger partial charge in [-0.15, -0.1) is 0 Å². The largest absolute Gasteiger partial charge is 0.496 e. The number of ether oxygens (including phenoxy) is 1. The molecule has 2 aromatic carbocycles. The first-order valence-electron chi connectivity index (χ1n) is 13.3. The Hall–Kier alpha value is -5.27. The zero-order valence-corrected chi connectivity index (χ0v) is 22.9. The molecule has 1 saturated heterocycles. The number of nitrogens with two attached hydrogens (primary N) is 2. The zero-order chi connectivity index (χ0) is 29.8. The molecule has 13 nitrogen and oxygen atoms in total. The van der Waals surface area contributed by atoms with Crippen LogP contribution in [0.5, 0.6) is 5.75 Å². The molecule has 14 heteroatoms. The van der Waals surface area contributed by atoms with Gasteiger partial charge in [0.1, 0.15) is 41.3 Å². The number of aromatic nitrogens is 5. The maximum absolute atomic E-state index is 13.7. The van der Waals surface area contributed by atoms with Crippen molar-refractivity contribution in [1.82, 2.24) is 34.8 Å². The second-order valence-electron chi connectivity index (χ2n) is 9.85. The minimum atomic E-state index is -0.728. The number of carbonyl (C=O) groups is 3. The quantitative estimate of drug-likeness (QED) is 0.287. The molecular weight excluding hydrogens is 545 g/mol. The maximum Gasteiger partial charge on any atom is 0.346 e. The number of nitrogens with one attached hydrogen (secondary N) is 1. The molecule has 0 spiro atoms. The number of benzene rings is 2. The number of hydrogen-bond acceptors (Lipinski definition) is 8. The van der Waals surface area contributed by atoms with Crippen molar-refractivity contribution in [3.05, 3.63) is 77.6 Å². The van der Waals surface area contributed by atoms with Gasteiger partial charge in [-0.3, -0.25) is 9.59 Å². The van der Waals surface area contributed by atoms with Crippen LogP contribution in [0.4, 0.5) is 15.0 Å². The molecule has 0 radical (unpaired) electrons. The van der Waals surface area contributed by atoms with Crippen LogP contribution in [0.15, 0.2) is 55.1 Å². The fourth-order valence-corrected chi connectivity index (χ4v) is 5.06. The number of nitrogens with zero attached hydrogens (tertiary/aromatic N) is 6. The lowest BCUT2D eigenvalue weighted by Gasteiger charge is -2.35. The van der Waals surface area contributed by atoms with Gasteiger partial charge in [0.05, 0.1) is 25.3 Å². The number of piperidine rings is 1. The van der Waals surface area contributed by atoms with Gasteiger partial charge in [0.2, 0.25) is 0 Å². The van der Waals surface area contributed by atoms with Crippen LogP contribution >= 0.6 is 0 Å². The van der Waals surface area contributed by atoms with E-state index in [2.05, 4.69) is 20.5 Å². The summed E-state index contributed by atoms with van der Waals surface area (Å²) in [7, 11) is 1.40. The molecule has 0 bridgehead atoms. The van der Waals surface area contributed by atoms with Gasteiger partial charge in [-0.25, -0.2) is 18.9 Å². The fourth-order valence-electron chi connectivity index (χ4n) is 5.06. The SMILES string of the molecule is COc1ccc(F)cc1C(=O)NCc1ccc(-c2nn(C[C@H]3CCCCN3C(=O)n3cncn3)c(N)c2C(N)=O)cc1. The molecule has 5 rings (SSSR count). The van der Waals surface area contributed by atoms with E-state index in [0.29, 0.717) is 17.8 Å². The van der Waals surface area contributed by atoms with Gasteiger partial charge >= 0.3 is 6.03 Å². The Balaban J connectivity index is 1.33. The average Bonchev–Trinajstić information content (AvgIpc) is 3.65. The minimum absolute atomic E-state index is 0.0826. The second-order valence-corrected chi connectivity index (χ2v) is 9.85. The highest BCUT2D eigenvalue weighted by atomic mass is 19.1. The van der Waals surface area contributed by atoms with Crippen LogP contribution in [0.1, 0.15) is 45.5 Å². The van der Waals surface area contributed by atoms with Crippen LogP contribution in [-0.4, -0.2) is 67.0 Å². The highest BCUT2D eigenvalue weighted by Crippen LogP contribution is 2.29. The van der Waals surface area contributed by atoms with E-state index in [4.69, 9.17) is 16.2 Å². The third-order valence-electron chi connectivity index (χ3n) is 7.20. The highest BCUT2D eigenvalue weighted by molar-refractivity contribution is 6.03. The fraction of sp³-hybridized carbons (Fsp3) is 0.286. The highest BCUT2D eigenvalue weighted by Gasteiger charge is 2.31. The first kappa shape index (κ1) is 28.3. The molecule has 3 amide bonds. The summed E-state index contributed by atoms with van der Waals surface area (Å²) < 4.78 is 21.5. The average molecular weight is 576 g/mol. The summed E-state index contributed by atoms with van der Waals surface area (Å²) in [5.74, 6) is -1.40. The number of nitrogen functional groups attached to an aromatic ring is 1. The van der Waals surface area contributed by atoms with E-state index in [1.165, 1.54) is 41.3 Å². The molecule has 218 valence electrons. The predicted octanol–water partition coefficient (Wildman–Crippen LogP) is 2.42. The third kappa shape index (κ3) is 5.77. The molecule has 1 fully saturated rings. The van der Waals surface area contributed by atoms with Gasteiger partial charge < -0.3 is 26.4 Å². The molecule has 3 heterocycles. The molecule has 1 atom stereocenters. The molecule has 1 aliphatic heterocycles. The summed E-state index contributed by atoms with van der Waals surface area (Å²) >= 11 is 0. The van der Waals surface area contributed by atoms with Gasteiger partial charge in [0, 0.05) is 18.7 Å². The Bertz CT molecular complexity index is 1600. The van der Waals surface area contributed by atoms with E-state index in [9.17, 15) is 18.8 Å². The monoisotopic (exact) mass is 575 g/mol. The number of carbonyl (C=O) groups excluding carboxylic acids is 3. The molecule has 0 aliphatic carbocycles. The summed E-state index contributed by atoms with van der Waals surface area (Å²) in [6.45, 7) is 0.972. The van der Waals surface area contributed by atoms with E-state index >= 15 is 0 Å². The number of anilines is 1. The second kappa shape index (κ2) is 12.1. The summed E-state index contributed by atoms with van der Waals surface area (Å²) in [5.41, 5.74) is 13.9. The summed E-state index contributed by atoms with van der Waals surface area (Å²) in [6, 6.07) is 10.2. The van der Waals surface area contributed by atoms with Crippen LogP contribution in [0.2, 0.25) is 0 Å². The number of amides is 3. The molecular formula is C28H30FN9O4. The minimum Gasteiger partial charge on any atom is -0.496 e. The molecule has 1 aliphatic rings. The van der Waals surface area contributed by atoms with Crippen LogP contribution in [0, 0.1) is 5.82 Å². The van der Waals surface area contributed by atoms with Crippen molar-refractivity contribution in [2.45, 2.75) is 38.4 Å². The molecule has 2 aromatic heterocycles. The van der Waals surface area contributed by atoms with Crippen LogP contribution < -0.4 is 21.5 Å². The first-order chi connectivity index (χ1) is 20.3. The molecule has 42 heavy (non-hydrogen) atoms. The summed E-state index contributed by atoms with van der Waals surface area (Å²) in [5, 5.41) is 11.3. The third-order valence-corrected chi connectivity index (χ3v) is 7.20. The molecule has 0 unspecified atom stereocenters. The van der Waals surface area contributed by atoms with Crippen molar-refractivity contribution in [1.29, 1.82) is 0 Å². The summed E-state index contributed by atoms with van der Waals surface area (Å²) in [4.78, 5) is 43.6. The van der Waals surface area contributed by atoms with E-state index in [1.807, 2.05) is 0 Å². The van der Waals surface area contributed by atoms with Gasteiger partial charge in [0.25, 0.3) is 11.8 Å². The number of primary amides is 1. The van der Waals surface area contributed by atoms with Crippen molar-refractivity contribution in [3.63, 3.8) is 0 Å². The van der Waals surface area contributed by atoms with Crippen molar-refractivity contribution >= 4 is 23.7 Å². The Morgan fingerprint density at radius 3 is 2.62 bits per heavy atom. The van der Waals surface area contributed by atoms with Gasteiger partial charge in [-0.1, -0.05) is 24.3 Å². The number of hydrogen-bond donors (Lipinski definition) is 3. The van der Waals surface area contributed by atoms with Crippen LogP contribution in [-0.2, 0) is 13.1 Å². The number of likely N-dealkylation sites (tertiary alicyclic amines) is 1. The predicted molar refractivity (Wildman–Crippen MR) is 150 cm³/mol. The lowest BCUT2D eigenvalue weighted by Crippen LogP contribution is -2.48. The summed E-state index contributed by atoms with van der Waals surface area (Å²) in [6.07, 6.45) is 5.16. The van der Waals surface area contributed by atoms with Crippen LogP contribution in [0.25, 0.3) is 11.3 Å². The Kier molecular flexibility index (Phi) is 8.13.